The Balaban J connectivity index is 1.19. The highest BCUT2D eigenvalue weighted by atomic mass is 32.1. The maximum atomic E-state index is 12.6. The quantitative estimate of drug-likeness (QED) is 0.652. The highest BCUT2D eigenvalue weighted by molar-refractivity contribution is 7.16. The molecule has 8 nitrogen and oxygen atoms in total. The van der Waals surface area contributed by atoms with Gasteiger partial charge in [0.05, 0.1) is 25.3 Å². The van der Waals surface area contributed by atoms with Gasteiger partial charge >= 0.3 is 0 Å². The van der Waals surface area contributed by atoms with Crippen LogP contribution in [-0.2, 0) is 27.2 Å². The summed E-state index contributed by atoms with van der Waals surface area (Å²) in [6.07, 6.45) is 5.88. The number of nitrogens with zero attached hydrogens (tertiary/aromatic N) is 4. The van der Waals surface area contributed by atoms with Gasteiger partial charge in [-0.3, -0.25) is 14.5 Å². The number of nitriles is 1. The lowest BCUT2D eigenvalue weighted by Gasteiger charge is -2.35. The summed E-state index contributed by atoms with van der Waals surface area (Å²) in [6.45, 7) is 7.21. The van der Waals surface area contributed by atoms with Gasteiger partial charge in [0.1, 0.15) is 11.1 Å². The lowest BCUT2D eigenvalue weighted by Crippen LogP contribution is -2.51. The number of fused-ring (bicyclic) bond motifs is 1. The van der Waals surface area contributed by atoms with Crippen LogP contribution in [0.3, 0.4) is 0 Å². The number of anilines is 1. The Morgan fingerprint density at radius 1 is 1.00 bits per heavy atom. The Labute approximate surface area is 194 Å². The number of hydrogen-bond acceptors (Lipinski definition) is 7. The summed E-state index contributed by atoms with van der Waals surface area (Å²) in [5, 5.41) is 13.4. The minimum absolute atomic E-state index is 0.0252. The fraction of sp³-hybridized carbons (Fsp3) is 0.696. The maximum Gasteiger partial charge on any atom is 0.236 e. The molecule has 174 valence electrons. The van der Waals surface area contributed by atoms with E-state index in [1.807, 2.05) is 4.90 Å². The van der Waals surface area contributed by atoms with Crippen molar-refractivity contribution in [3.05, 3.63) is 16.0 Å². The van der Waals surface area contributed by atoms with Crippen molar-refractivity contribution in [3.63, 3.8) is 0 Å². The van der Waals surface area contributed by atoms with Crippen LogP contribution < -0.4 is 5.32 Å². The number of thiophene rings is 1. The normalized spacial score (nSPS) is 20.3. The first-order valence-corrected chi connectivity index (χ1v) is 12.6. The summed E-state index contributed by atoms with van der Waals surface area (Å²) in [7, 11) is 0. The van der Waals surface area contributed by atoms with Crippen molar-refractivity contribution in [2.45, 2.75) is 38.5 Å². The Hall–Kier alpha value is -1.99. The Morgan fingerprint density at radius 3 is 2.47 bits per heavy atom. The number of ether oxygens (including phenoxy) is 1. The SMILES string of the molecule is N#Cc1c(NC(=O)CCN2CCN(CC(=O)N3CCOCC3)CC2)sc2c1CCCCC2. The van der Waals surface area contributed by atoms with Crippen molar-refractivity contribution >= 4 is 28.2 Å². The molecule has 0 bridgehead atoms. The Kier molecular flexibility index (Phi) is 8.14. The number of amides is 2. The van der Waals surface area contributed by atoms with Gasteiger partial charge in [0.15, 0.2) is 0 Å². The van der Waals surface area contributed by atoms with Crippen LogP contribution in [0.2, 0.25) is 0 Å². The number of carbonyl (C=O) groups is 2. The zero-order chi connectivity index (χ0) is 22.3. The first kappa shape index (κ1) is 23.2. The third-order valence-electron chi connectivity index (χ3n) is 6.63. The van der Waals surface area contributed by atoms with Gasteiger partial charge in [0, 0.05) is 57.1 Å². The lowest BCUT2D eigenvalue weighted by molar-refractivity contribution is -0.136. The van der Waals surface area contributed by atoms with Gasteiger partial charge in [0.25, 0.3) is 0 Å². The van der Waals surface area contributed by atoms with Crippen LogP contribution in [0.15, 0.2) is 0 Å². The first-order chi connectivity index (χ1) is 15.6. The first-order valence-electron chi connectivity index (χ1n) is 11.8. The molecule has 4 rings (SSSR count). The number of nitrogens with one attached hydrogen (secondary N) is 1. The molecule has 0 spiro atoms. The van der Waals surface area contributed by atoms with Crippen LogP contribution in [0.4, 0.5) is 5.00 Å². The predicted molar refractivity (Wildman–Crippen MR) is 124 cm³/mol. The summed E-state index contributed by atoms with van der Waals surface area (Å²) in [4.78, 5) is 32.6. The number of carbonyl (C=O) groups excluding carboxylic acids is 2. The van der Waals surface area contributed by atoms with Crippen LogP contribution in [0.25, 0.3) is 0 Å². The number of morpholine rings is 1. The van der Waals surface area contributed by atoms with Crippen LogP contribution in [0, 0.1) is 11.3 Å². The standard InChI is InChI=1S/C23H33N5O3S/c24-16-19-18-4-2-1-3-5-20(18)32-23(19)25-21(29)6-7-26-8-10-27(11-9-26)17-22(30)28-12-14-31-15-13-28/h1-15,17H2,(H,25,29). The van der Waals surface area contributed by atoms with Gasteiger partial charge in [-0.1, -0.05) is 6.42 Å². The Bertz CT molecular complexity index is 851. The number of hydrogen-bond donors (Lipinski definition) is 1. The van der Waals surface area contributed by atoms with Crippen LogP contribution in [0.5, 0.6) is 0 Å². The molecule has 3 aliphatic rings. The van der Waals surface area contributed by atoms with E-state index in [-0.39, 0.29) is 11.8 Å². The molecule has 1 aliphatic carbocycles. The van der Waals surface area contributed by atoms with Crippen LogP contribution >= 0.6 is 11.3 Å². The summed E-state index contributed by atoms with van der Waals surface area (Å²) in [5.74, 6) is 0.159. The third-order valence-corrected chi connectivity index (χ3v) is 7.84. The largest absolute Gasteiger partial charge is 0.378 e. The van der Waals surface area contributed by atoms with Crippen molar-refractivity contribution in [1.82, 2.24) is 14.7 Å². The molecule has 9 heteroatoms. The molecule has 0 saturated carbocycles. The second-order valence-electron chi connectivity index (χ2n) is 8.79. The van der Waals surface area contributed by atoms with E-state index in [0.29, 0.717) is 51.4 Å². The van der Waals surface area contributed by atoms with Crippen LogP contribution in [-0.4, -0.2) is 92.1 Å². The maximum absolute atomic E-state index is 12.6. The van der Waals surface area contributed by atoms with Gasteiger partial charge in [-0.2, -0.15) is 5.26 Å². The van der Waals surface area contributed by atoms with E-state index < -0.39 is 0 Å². The lowest BCUT2D eigenvalue weighted by atomic mass is 10.1. The topological polar surface area (TPSA) is 88.9 Å². The average Bonchev–Trinajstić information content (AvgIpc) is 2.97. The monoisotopic (exact) mass is 459 g/mol. The Morgan fingerprint density at radius 2 is 1.72 bits per heavy atom. The minimum Gasteiger partial charge on any atom is -0.378 e. The smallest absolute Gasteiger partial charge is 0.236 e. The van der Waals surface area contributed by atoms with Crippen molar-refractivity contribution < 1.29 is 14.3 Å². The second kappa shape index (κ2) is 11.2. The number of rotatable bonds is 6. The summed E-state index contributed by atoms with van der Waals surface area (Å²) in [5.41, 5.74) is 1.84. The van der Waals surface area contributed by atoms with Crippen molar-refractivity contribution in [1.29, 1.82) is 5.26 Å². The molecule has 1 aromatic rings. The molecule has 3 heterocycles. The van der Waals surface area contributed by atoms with Crippen LogP contribution in [0.1, 0.15) is 41.7 Å². The van der Waals surface area contributed by atoms with E-state index in [4.69, 9.17) is 4.74 Å². The second-order valence-corrected chi connectivity index (χ2v) is 9.89. The summed E-state index contributed by atoms with van der Waals surface area (Å²) >= 11 is 1.59. The van der Waals surface area contributed by atoms with Gasteiger partial charge in [-0.15, -0.1) is 11.3 Å². The molecule has 2 amide bonds. The van der Waals surface area contributed by atoms with E-state index in [2.05, 4.69) is 21.2 Å². The molecule has 2 fully saturated rings. The molecule has 0 aromatic carbocycles. The average molecular weight is 460 g/mol. The highest BCUT2D eigenvalue weighted by Gasteiger charge is 2.24. The summed E-state index contributed by atoms with van der Waals surface area (Å²) < 4.78 is 5.31. The minimum atomic E-state index is -0.0252. The molecule has 0 unspecified atom stereocenters. The van der Waals surface area contributed by atoms with E-state index in [9.17, 15) is 14.9 Å². The highest BCUT2D eigenvalue weighted by Crippen LogP contribution is 2.37. The zero-order valence-corrected chi connectivity index (χ0v) is 19.6. The van der Waals surface area contributed by atoms with Crippen molar-refractivity contribution in [2.75, 3.05) is 70.9 Å². The van der Waals surface area contributed by atoms with E-state index in [1.54, 1.807) is 11.3 Å². The molecule has 2 saturated heterocycles. The molecular formula is C23H33N5O3S. The molecular weight excluding hydrogens is 426 g/mol. The molecule has 0 atom stereocenters. The van der Waals surface area contributed by atoms with Crippen molar-refractivity contribution in [2.24, 2.45) is 0 Å². The van der Waals surface area contributed by atoms with E-state index in [0.717, 1.165) is 62.4 Å². The van der Waals surface area contributed by atoms with Crippen molar-refractivity contribution in [3.8, 4) is 6.07 Å². The van der Waals surface area contributed by atoms with Gasteiger partial charge in [-0.05, 0) is 31.2 Å². The molecule has 1 aromatic heterocycles. The van der Waals surface area contributed by atoms with Gasteiger partial charge in [0.2, 0.25) is 11.8 Å². The molecule has 32 heavy (non-hydrogen) atoms. The number of piperazine rings is 1. The molecule has 1 N–H and O–H groups in total. The fourth-order valence-electron chi connectivity index (χ4n) is 4.67. The third kappa shape index (κ3) is 5.87. The zero-order valence-electron chi connectivity index (χ0n) is 18.7. The fourth-order valence-corrected chi connectivity index (χ4v) is 5.93. The van der Waals surface area contributed by atoms with Gasteiger partial charge in [-0.25, -0.2) is 0 Å². The predicted octanol–water partition coefficient (Wildman–Crippen LogP) is 1.69. The molecule has 2 aliphatic heterocycles. The van der Waals surface area contributed by atoms with E-state index in [1.165, 1.54) is 11.3 Å². The number of aryl methyl sites for hydroxylation is 1. The molecule has 0 radical (unpaired) electrons. The van der Waals surface area contributed by atoms with Gasteiger partial charge < -0.3 is 19.9 Å². The summed E-state index contributed by atoms with van der Waals surface area (Å²) in [6, 6.07) is 2.33. The van der Waals surface area contributed by atoms with E-state index >= 15 is 0 Å².